The molecule has 0 bridgehead atoms. The Labute approximate surface area is 152 Å². The molecule has 2 N–H and O–H groups in total. The van der Waals surface area contributed by atoms with Crippen LogP contribution in [-0.2, 0) is 14.8 Å². The summed E-state index contributed by atoms with van der Waals surface area (Å²) in [4.78, 5) is 10.8. The minimum atomic E-state index is -4.71. The average Bonchev–Trinajstić information content (AvgIpc) is 2.54. The highest BCUT2D eigenvalue weighted by Crippen LogP contribution is 2.29. The first kappa shape index (κ1) is 20.5. The molecule has 0 saturated heterocycles. The number of carbonyl (C=O) groups excluding carboxylic acids is 1. The third kappa shape index (κ3) is 5.58. The van der Waals surface area contributed by atoms with Crippen LogP contribution in [-0.4, -0.2) is 26.9 Å². The van der Waals surface area contributed by atoms with Crippen LogP contribution in [0.15, 0.2) is 53.4 Å². The molecule has 2 rings (SSSR count). The fraction of sp³-hybridized carbons (Fsp3) is 0.188. The Hall–Kier alpha value is -2.82. The van der Waals surface area contributed by atoms with Crippen molar-refractivity contribution < 1.29 is 35.5 Å². The molecule has 0 heterocycles. The molecule has 0 aliphatic carbocycles. The second kappa shape index (κ2) is 7.82. The number of ether oxygens (including phenoxy) is 1. The number of hydrogen-bond donors (Lipinski definition) is 2. The lowest BCUT2D eigenvalue weighted by atomic mass is 10.3. The summed E-state index contributed by atoms with van der Waals surface area (Å²) in [6.07, 6.45) is -8.75. The molecule has 0 spiro atoms. The van der Waals surface area contributed by atoms with Crippen molar-refractivity contribution in [1.82, 2.24) is 0 Å². The number of nitrogens with one attached hydrogen (secondary N) is 2. The summed E-state index contributed by atoms with van der Waals surface area (Å²) >= 11 is 0. The van der Waals surface area contributed by atoms with Crippen LogP contribution >= 0.6 is 0 Å². The van der Waals surface area contributed by atoms with Crippen LogP contribution in [0, 0.1) is 0 Å². The van der Waals surface area contributed by atoms with Gasteiger partial charge in [-0.1, -0.05) is 6.07 Å². The van der Waals surface area contributed by atoms with Crippen LogP contribution in [0.4, 0.5) is 28.9 Å². The maximum atomic E-state index is 13.0. The molecule has 2 aromatic carbocycles. The third-order valence-electron chi connectivity index (χ3n) is 3.08. The molecule has 146 valence electrons. The van der Waals surface area contributed by atoms with Gasteiger partial charge in [0.15, 0.2) is 0 Å². The Morgan fingerprint density at radius 2 is 1.70 bits per heavy atom. The summed E-state index contributed by atoms with van der Waals surface area (Å²) in [5.74, 6) is -0.970. The molecule has 0 aromatic heterocycles. The van der Waals surface area contributed by atoms with Gasteiger partial charge in [0.2, 0.25) is 5.91 Å². The number of rotatable bonds is 7. The summed E-state index contributed by atoms with van der Waals surface area (Å²) in [5.41, 5.74) is 0.217. The van der Waals surface area contributed by atoms with E-state index >= 15 is 0 Å². The number of amides is 1. The highest BCUT2D eigenvalue weighted by molar-refractivity contribution is 7.92. The number of halogens is 4. The Bertz CT molecular complexity index is 918. The van der Waals surface area contributed by atoms with Crippen molar-refractivity contribution in [3.05, 3.63) is 48.5 Å². The van der Waals surface area contributed by atoms with Crippen molar-refractivity contribution in [2.75, 3.05) is 10.0 Å². The molecule has 0 fully saturated rings. The minimum Gasteiger partial charge on any atom is -0.428 e. The van der Waals surface area contributed by atoms with Gasteiger partial charge in [-0.3, -0.25) is 9.52 Å². The Morgan fingerprint density at radius 1 is 1.07 bits per heavy atom. The lowest BCUT2D eigenvalue weighted by Crippen LogP contribution is -2.33. The van der Waals surface area contributed by atoms with Crippen molar-refractivity contribution in [1.29, 1.82) is 0 Å². The molecular weight excluding hydrogens is 392 g/mol. The second-order valence-electron chi connectivity index (χ2n) is 5.30. The van der Waals surface area contributed by atoms with E-state index in [1.54, 1.807) is 0 Å². The summed E-state index contributed by atoms with van der Waals surface area (Å²) in [6.45, 7) is 1.29. The fourth-order valence-corrected chi connectivity index (χ4v) is 3.01. The molecule has 27 heavy (non-hydrogen) atoms. The number of benzene rings is 2. The molecule has 0 radical (unpaired) electrons. The van der Waals surface area contributed by atoms with Crippen LogP contribution in [0.5, 0.6) is 5.75 Å². The van der Waals surface area contributed by atoms with E-state index in [9.17, 15) is 30.8 Å². The zero-order valence-electron chi connectivity index (χ0n) is 13.7. The lowest BCUT2D eigenvalue weighted by Gasteiger charge is -2.17. The molecule has 6 nitrogen and oxygen atoms in total. The van der Waals surface area contributed by atoms with Crippen molar-refractivity contribution >= 4 is 27.3 Å². The van der Waals surface area contributed by atoms with Crippen LogP contribution in [0.2, 0.25) is 0 Å². The SMILES string of the molecule is CC(=O)Nc1ccc(S(=O)(=O)Nc2cccc(OC(F)(F)C(F)F)c2)cc1. The van der Waals surface area contributed by atoms with Crippen LogP contribution in [0.3, 0.4) is 0 Å². The van der Waals surface area contributed by atoms with Crippen molar-refractivity contribution in [2.24, 2.45) is 0 Å². The first-order chi connectivity index (χ1) is 12.5. The van der Waals surface area contributed by atoms with E-state index in [4.69, 9.17) is 0 Å². The monoisotopic (exact) mass is 406 g/mol. The van der Waals surface area contributed by atoms with E-state index in [-0.39, 0.29) is 16.5 Å². The Morgan fingerprint density at radius 3 is 2.26 bits per heavy atom. The van der Waals surface area contributed by atoms with E-state index in [1.807, 2.05) is 0 Å². The second-order valence-corrected chi connectivity index (χ2v) is 6.99. The molecule has 11 heteroatoms. The van der Waals surface area contributed by atoms with Gasteiger partial charge in [-0.2, -0.15) is 17.6 Å². The number of alkyl halides is 4. The van der Waals surface area contributed by atoms with E-state index in [2.05, 4.69) is 14.8 Å². The van der Waals surface area contributed by atoms with Gasteiger partial charge in [0.05, 0.1) is 10.6 Å². The highest BCUT2D eigenvalue weighted by atomic mass is 32.2. The van der Waals surface area contributed by atoms with Crippen molar-refractivity contribution in [3.63, 3.8) is 0 Å². The molecule has 0 atom stereocenters. The largest absolute Gasteiger partial charge is 0.461 e. The van der Waals surface area contributed by atoms with Crippen molar-refractivity contribution in [2.45, 2.75) is 24.4 Å². The quantitative estimate of drug-likeness (QED) is 0.687. The zero-order chi connectivity index (χ0) is 20.2. The van der Waals surface area contributed by atoms with Crippen molar-refractivity contribution in [3.8, 4) is 5.75 Å². The molecule has 0 aliphatic rings. The number of hydrogen-bond acceptors (Lipinski definition) is 4. The fourth-order valence-electron chi connectivity index (χ4n) is 1.96. The van der Waals surface area contributed by atoms with Gasteiger partial charge < -0.3 is 10.1 Å². The predicted molar refractivity (Wildman–Crippen MR) is 89.6 cm³/mol. The number of carbonyl (C=O) groups is 1. The van der Waals surface area contributed by atoms with Gasteiger partial charge in [-0.25, -0.2) is 8.42 Å². The summed E-state index contributed by atoms with van der Waals surface area (Å²) in [7, 11) is -4.09. The smallest absolute Gasteiger partial charge is 0.428 e. The molecule has 0 aliphatic heterocycles. The summed E-state index contributed by atoms with van der Waals surface area (Å²) < 4.78 is 81.0. The van der Waals surface area contributed by atoms with Gasteiger partial charge in [0, 0.05) is 18.7 Å². The summed E-state index contributed by atoms with van der Waals surface area (Å²) in [6, 6.07) is 9.39. The number of anilines is 2. The van der Waals surface area contributed by atoms with E-state index in [1.165, 1.54) is 37.3 Å². The van der Waals surface area contributed by atoms with Gasteiger partial charge in [-0.15, -0.1) is 0 Å². The van der Waals surface area contributed by atoms with Crippen LogP contribution in [0.25, 0.3) is 0 Å². The number of sulfonamides is 1. The van der Waals surface area contributed by atoms with E-state index in [0.717, 1.165) is 18.2 Å². The van der Waals surface area contributed by atoms with Gasteiger partial charge in [0.25, 0.3) is 10.0 Å². The standard InChI is InChI=1S/C16H14F4N2O4S/c1-10(23)21-11-5-7-14(8-6-11)27(24,25)22-12-3-2-4-13(9-12)26-16(19,20)15(17)18/h2-9,15,22H,1H3,(H,21,23). The lowest BCUT2D eigenvalue weighted by molar-refractivity contribution is -0.253. The maximum absolute atomic E-state index is 13.0. The molecule has 0 unspecified atom stereocenters. The van der Waals surface area contributed by atoms with Gasteiger partial charge >= 0.3 is 12.5 Å². The average molecular weight is 406 g/mol. The Balaban J connectivity index is 2.18. The summed E-state index contributed by atoms with van der Waals surface area (Å²) in [5, 5.41) is 2.47. The maximum Gasteiger partial charge on any atom is 0.461 e. The van der Waals surface area contributed by atoms with E-state index in [0.29, 0.717) is 5.69 Å². The molecule has 1 amide bonds. The molecular formula is C16H14F4N2O4S. The third-order valence-corrected chi connectivity index (χ3v) is 4.48. The predicted octanol–water partition coefficient (Wildman–Crippen LogP) is 3.68. The van der Waals surface area contributed by atoms with E-state index < -0.39 is 28.3 Å². The van der Waals surface area contributed by atoms with Gasteiger partial charge in [0.1, 0.15) is 5.75 Å². The first-order valence-corrected chi connectivity index (χ1v) is 8.83. The normalized spacial score (nSPS) is 11.9. The van der Waals surface area contributed by atoms with Gasteiger partial charge in [-0.05, 0) is 36.4 Å². The topological polar surface area (TPSA) is 84.5 Å². The highest BCUT2D eigenvalue weighted by Gasteiger charge is 2.44. The van der Waals surface area contributed by atoms with Crippen LogP contribution < -0.4 is 14.8 Å². The Kier molecular flexibility index (Phi) is 5.94. The molecule has 2 aromatic rings. The first-order valence-electron chi connectivity index (χ1n) is 7.35. The van der Waals surface area contributed by atoms with Crippen LogP contribution in [0.1, 0.15) is 6.92 Å². The molecule has 0 saturated carbocycles. The minimum absolute atomic E-state index is 0.163. The zero-order valence-corrected chi connectivity index (χ0v) is 14.6.